The molecular weight excluding hydrogens is 406 g/mol. The van der Waals surface area contributed by atoms with E-state index in [2.05, 4.69) is 28.1 Å². The molecule has 2 aliphatic rings. The van der Waals surface area contributed by atoms with Gasteiger partial charge in [0.2, 0.25) is 0 Å². The normalized spacial score (nSPS) is 18.0. The Morgan fingerprint density at radius 2 is 1.77 bits per heavy atom. The molecule has 2 aromatic rings. The molecule has 6 heteroatoms. The van der Waals surface area contributed by atoms with Crippen molar-refractivity contribution in [3.05, 3.63) is 52.2 Å². The van der Waals surface area contributed by atoms with Crippen LogP contribution in [0, 0.1) is 0 Å². The molecule has 1 aliphatic carbocycles. The van der Waals surface area contributed by atoms with Crippen LogP contribution in [0.15, 0.2) is 41.8 Å². The molecule has 1 N–H and O–H groups in total. The molecule has 1 saturated carbocycles. The molecule has 2 fully saturated rings. The van der Waals surface area contributed by atoms with Crippen LogP contribution in [0.1, 0.15) is 71.9 Å². The van der Waals surface area contributed by atoms with E-state index in [4.69, 9.17) is 0 Å². The molecule has 166 valence electrons. The van der Waals surface area contributed by atoms with E-state index in [-0.39, 0.29) is 17.9 Å². The maximum atomic E-state index is 13.5. The summed E-state index contributed by atoms with van der Waals surface area (Å²) in [4.78, 5) is 31.1. The Labute approximate surface area is 189 Å². The Morgan fingerprint density at radius 1 is 1.03 bits per heavy atom. The van der Waals surface area contributed by atoms with E-state index in [1.54, 1.807) is 0 Å². The number of nitrogens with one attached hydrogen (secondary N) is 1. The topological polar surface area (TPSA) is 52.7 Å². The summed E-state index contributed by atoms with van der Waals surface area (Å²) < 4.78 is 0. The summed E-state index contributed by atoms with van der Waals surface area (Å²) in [7, 11) is 0. The molecule has 1 aromatic heterocycles. The van der Waals surface area contributed by atoms with E-state index < -0.39 is 0 Å². The maximum Gasteiger partial charge on any atom is 0.261 e. The van der Waals surface area contributed by atoms with Crippen molar-refractivity contribution >= 4 is 28.8 Å². The first-order valence-electron chi connectivity index (χ1n) is 11.7. The third-order valence-corrected chi connectivity index (χ3v) is 7.54. The molecular formula is C25H33N3O2S. The zero-order valence-electron chi connectivity index (χ0n) is 18.4. The van der Waals surface area contributed by atoms with Crippen LogP contribution >= 0.6 is 11.3 Å². The van der Waals surface area contributed by atoms with Crippen LogP contribution in [-0.4, -0.2) is 48.4 Å². The number of nitrogens with zero attached hydrogens (tertiary/aromatic N) is 2. The summed E-state index contributed by atoms with van der Waals surface area (Å²) in [5, 5.41) is 5.10. The predicted octanol–water partition coefficient (Wildman–Crippen LogP) is 4.94. The second kappa shape index (κ2) is 10.3. The van der Waals surface area contributed by atoms with Gasteiger partial charge in [-0.15, -0.1) is 11.3 Å². The first-order chi connectivity index (χ1) is 15.2. The molecule has 0 atom stereocenters. The molecule has 1 aliphatic heterocycles. The van der Waals surface area contributed by atoms with Crippen molar-refractivity contribution in [3.63, 3.8) is 0 Å². The van der Waals surface area contributed by atoms with Gasteiger partial charge in [0, 0.05) is 37.4 Å². The standard InChI is InChI=1S/C25H33N3O2S/c1-2-28(20-9-4-3-5-10-20)25(30)21-11-6-7-12-22(21)27-16-14-19(15-17-27)26-24(29)23-13-8-18-31-23/h6-8,11-13,18-20H,2-5,9-10,14-17H2,1H3,(H,26,29). The van der Waals surface area contributed by atoms with Gasteiger partial charge in [0.05, 0.1) is 10.4 Å². The largest absolute Gasteiger partial charge is 0.371 e. The van der Waals surface area contributed by atoms with Crippen molar-refractivity contribution in [1.82, 2.24) is 10.2 Å². The van der Waals surface area contributed by atoms with Crippen molar-refractivity contribution in [2.24, 2.45) is 0 Å². The predicted molar refractivity (Wildman–Crippen MR) is 127 cm³/mol. The van der Waals surface area contributed by atoms with Crippen molar-refractivity contribution in [2.45, 2.75) is 64.0 Å². The lowest BCUT2D eigenvalue weighted by molar-refractivity contribution is 0.0648. The minimum absolute atomic E-state index is 0.0232. The fourth-order valence-corrected chi connectivity index (χ4v) is 5.60. The number of piperidine rings is 1. The Morgan fingerprint density at radius 3 is 2.45 bits per heavy atom. The van der Waals surface area contributed by atoms with Gasteiger partial charge in [0.1, 0.15) is 0 Å². The van der Waals surface area contributed by atoms with Crippen LogP contribution in [0.2, 0.25) is 0 Å². The van der Waals surface area contributed by atoms with Gasteiger partial charge in [-0.1, -0.05) is 37.5 Å². The first-order valence-corrected chi connectivity index (χ1v) is 12.5. The number of anilines is 1. The van der Waals surface area contributed by atoms with Gasteiger partial charge >= 0.3 is 0 Å². The highest BCUT2D eigenvalue weighted by Gasteiger charge is 2.29. The molecule has 2 heterocycles. The van der Waals surface area contributed by atoms with Gasteiger partial charge in [-0.2, -0.15) is 0 Å². The third-order valence-electron chi connectivity index (χ3n) is 6.67. The van der Waals surface area contributed by atoms with E-state index >= 15 is 0 Å². The molecule has 0 radical (unpaired) electrons. The summed E-state index contributed by atoms with van der Waals surface area (Å²) in [6.07, 6.45) is 7.76. The third kappa shape index (κ3) is 5.12. The monoisotopic (exact) mass is 439 g/mol. The van der Waals surface area contributed by atoms with Crippen LogP contribution < -0.4 is 10.2 Å². The van der Waals surface area contributed by atoms with Gasteiger partial charge in [0.15, 0.2) is 0 Å². The highest BCUT2D eigenvalue weighted by atomic mass is 32.1. The molecule has 0 unspecified atom stereocenters. The van der Waals surface area contributed by atoms with Gasteiger partial charge in [-0.05, 0) is 56.2 Å². The van der Waals surface area contributed by atoms with Crippen molar-refractivity contribution in [2.75, 3.05) is 24.5 Å². The van der Waals surface area contributed by atoms with Crippen LogP contribution in [0.4, 0.5) is 5.69 Å². The number of thiophene rings is 1. The summed E-state index contributed by atoms with van der Waals surface area (Å²) in [5.74, 6) is 0.188. The number of hydrogen-bond donors (Lipinski definition) is 1. The average Bonchev–Trinajstić information content (AvgIpc) is 3.36. The average molecular weight is 440 g/mol. The van der Waals surface area contributed by atoms with E-state index in [1.807, 2.05) is 35.7 Å². The second-order valence-corrected chi connectivity index (χ2v) is 9.56. The summed E-state index contributed by atoms with van der Waals surface area (Å²) >= 11 is 1.47. The number of benzene rings is 1. The number of rotatable bonds is 6. The summed E-state index contributed by atoms with van der Waals surface area (Å²) in [5.41, 5.74) is 1.85. The van der Waals surface area contributed by atoms with Gasteiger partial charge in [0.25, 0.3) is 11.8 Å². The SMILES string of the molecule is CCN(C(=O)c1ccccc1N1CCC(NC(=O)c2cccs2)CC1)C1CCCCC1. The van der Waals surface area contributed by atoms with Crippen LogP contribution in [-0.2, 0) is 0 Å². The second-order valence-electron chi connectivity index (χ2n) is 8.61. The van der Waals surface area contributed by atoms with Gasteiger partial charge in [-0.3, -0.25) is 9.59 Å². The Balaban J connectivity index is 1.41. The minimum Gasteiger partial charge on any atom is -0.371 e. The quantitative estimate of drug-likeness (QED) is 0.693. The molecule has 4 rings (SSSR count). The van der Waals surface area contributed by atoms with Crippen molar-refractivity contribution in [3.8, 4) is 0 Å². The van der Waals surface area contributed by atoms with Crippen LogP contribution in [0.25, 0.3) is 0 Å². The molecule has 31 heavy (non-hydrogen) atoms. The number of hydrogen-bond acceptors (Lipinski definition) is 4. The number of amides is 2. The fraction of sp³-hybridized carbons (Fsp3) is 0.520. The summed E-state index contributed by atoms with van der Waals surface area (Å²) in [6, 6.07) is 12.4. The maximum absolute atomic E-state index is 13.5. The lowest BCUT2D eigenvalue weighted by Crippen LogP contribution is -2.45. The van der Waals surface area contributed by atoms with E-state index in [0.29, 0.717) is 6.04 Å². The molecule has 5 nitrogen and oxygen atoms in total. The van der Waals surface area contributed by atoms with Crippen LogP contribution in [0.3, 0.4) is 0 Å². The minimum atomic E-state index is 0.0232. The molecule has 0 bridgehead atoms. The lowest BCUT2D eigenvalue weighted by Gasteiger charge is -2.37. The Hall–Kier alpha value is -2.34. The number of carbonyl (C=O) groups is 2. The number of para-hydroxylation sites is 1. The molecule has 1 aromatic carbocycles. The van der Waals surface area contributed by atoms with Crippen molar-refractivity contribution < 1.29 is 9.59 Å². The van der Waals surface area contributed by atoms with Crippen molar-refractivity contribution in [1.29, 1.82) is 0 Å². The molecule has 1 saturated heterocycles. The van der Waals surface area contributed by atoms with E-state index in [1.165, 1.54) is 30.6 Å². The zero-order valence-corrected chi connectivity index (χ0v) is 19.2. The van der Waals surface area contributed by atoms with E-state index in [0.717, 1.165) is 61.4 Å². The first kappa shape index (κ1) is 21.9. The Kier molecular flexibility index (Phi) is 7.28. The number of carbonyl (C=O) groups excluding carboxylic acids is 2. The van der Waals surface area contributed by atoms with Gasteiger partial charge < -0.3 is 15.1 Å². The Bertz CT molecular complexity index is 869. The highest BCUT2D eigenvalue weighted by molar-refractivity contribution is 7.12. The zero-order chi connectivity index (χ0) is 21.6. The van der Waals surface area contributed by atoms with E-state index in [9.17, 15) is 9.59 Å². The fourth-order valence-electron chi connectivity index (χ4n) is 4.97. The van der Waals surface area contributed by atoms with Gasteiger partial charge in [-0.25, -0.2) is 0 Å². The lowest BCUT2D eigenvalue weighted by atomic mass is 9.93. The molecule has 2 amide bonds. The molecule has 0 spiro atoms. The highest BCUT2D eigenvalue weighted by Crippen LogP contribution is 2.29. The smallest absolute Gasteiger partial charge is 0.261 e. The van der Waals surface area contributed by atoms with Crippen LogP contribution in [0.5, 0.6) is 0 Å². The summed E-state index contributed by atoms with van der Waals surface area (Å²) in [6.45, 7) is 4.54.